The van der Waals surface area contributed by atoms with Crippen molar-refractivity contribution < 1.29 is 9.26 Å². The smallest absolute Gasteiger partial charge is 0.324 e. The van der Waals surface area contributed by atoms with Gasteiger partial charge in [0.15, 0.2) is 5.82 Å². The van der Waals surface area contributed by atoms with E-state index in [1.54, 1.807) is 7.11 Å². The SMILES string of the molecule is COc1cccc(CCN2CCN(c3nc(Cc4ccc(Cl)cc4)no3)CC2)c1. The summed E-state index contributed by atoms with van der Waals surface area (Å²) in [6, 6.07) is 16.6. The van der Waals surface area contributed by atoms with Crippen molar-refractivity contribution in [1.82, 2.24) is 15.0 Å². The summed E-state index contributed by atoms with van der Waals surface area (Å²) in [6.07, 6.45) is 1.66. The summed E-state index contributed by atoms with van der Waals surface area (Å²) in [5.41, 5.74) is 2.42. The lowest BCUT2D eigenvalue weighted by Crippen LogP contribution is -2.47. The number of benzene rings is 2. The molecule has 0 aliphatic carbocycles. The highest BCUT2D eigenvalue weighted by Gasteiger charge is 2.21. The van der Waals surface area contributed by atoms with Gasteiger partial charge < -0.3 is 14.2 Å². The Kier molecular flexibility index (Phi) is 6.32. The van der Waals surface area contributed by atoms with Crippen molar-refractivity contribution >= 4 is 17.6 Å². The molecular weight excluding hydrogens is 388 g/mol. The molecule has 0 spiro atoms. The Bertz CT molecular complexity index is 921. The number of hydrogen-bond acceptors (Lipinski definition) is 6. The summed E-state index contributed by atoms with van der Waals surface area (Å²) in [7, 11) is 1.71. The lowest BCUT2D eigenvalue weighted by Gasteiger charge is -2.33. The first-order chi connectivity index (χ1) is 14.2. The maximum Gasteiger partial charge on any atom is 0.324 e. The molecule has 2 aromatic carbocycles. The van der Waals surface area contributed by atoms with Crippen LogP contribution in [-0.4, -0.2) is 54.9 Å². The number of aromatic nitrogens is 2. The van der Waals surface area contributed by atoms with E-state index in [4.69, 9.17) is 20.9 Å². The normalized spacial score (nSPS) is 14.9. The Balaban J connectivity index is 1.26. The number of ether oxygens (including phenoxy) is 1. The largest absolute Gasteiger partial charge is 0.497 e. The van der Waals surface area contributed by atoms with Gasteiger partial charge >= 0.3 is 6.01 Å². The molecule has 2 heterocycles. The molecule has 0 radical (unpaired) electrons. The Labute approximate surface area is 176 Å². The van der Waals surface area contributed by atoms with Crippen LogP contribution in [0.15, 0.2) is 53.1 Å². The van der Waals surface area contributed by atoms with Gasteiger partial charge in [-0.15, -0.1) is 0 Å². The molecular formula is C22H25ClN4O2. The molecule has 7 heteroatoms. The van der Waals surface area contributed by atoms with E-state index < -0.39 is 0 Å². The van der Waals surface area contributed by atoms with E-state index >= 15 is 0 Å². The van der Waals surface area contributed by atoms with Crippen LogP contribution in [-0.2, 0) is 12.8 Å². The maximum atomic E-state index is 5.94. The van der Waals surface area contributed by atoms with Crippen LogP contribution in [0.25, 0.3) is 0 Å². The van der Waals surface area contributed by atoms with Crippen molar-refractivity contribution in [1.29, 1.82) is 0 Å². The van der Waals surface area contributed by atoms with E-state index in [0.29, 0.717) is 18.3 Å². The van der Waals surface area contributed by atoms with E-state index in [9.17, 15) is 0 Å². The summed E-state index contributed by atoms with van der Waals surface area (Å²) in [5.74, 6) is 1.61. The minimum absolute atomic E-state index is 0.612. The first-order valence-electron chi connectivity index (χ1n) is 9.87. The summed E-state index contributed by atoms with van der Waals surface area (Å²) in [6.45, 7) is 4.78. The number of halogens is 1. The lowest BCUT2D eigenvalue weighted by atomic mass is 10.1. The highest BCUT2D eigenvalue weighted by Crippen LogP contribution is 2.18. The molecule has 1 fully saturated rings. The molecule has 0 unspecified atom stereocenters. The zero-order chi connectivity index (χ0) is 20.1. The van der Waals surface area contributed by atoms with Crippen LogP contribution in [0.2, 0.25) is 5.02 Å². The van der Waals surface area contributed by atoms with Crippen molar-refractivity contribution in [3.8, 4) is 5.75 Å². The fourth-order valence-electron chi connectivity index (χ4n) is 3.51. The molecule has 1 aliphatic heterocycles. The van der Waals surface area contributed by atoms with Gasteiger partial charge in [-0.2, -0.15) is 4.98 Å². The number of piperazine rings is 1. The van der Waals surface area contributed by atoms with Crippen molar-refractivity contribution in [3.05, 3.63) is 70.5 Å². The molecule has 1 aliphatic rings. The number of hydrogen-bond donors (Lipinski definition) is 0. The Morgan fingerprint density at radius 3 is 2.59 bits per heavy atom. The first kappa shape index (κ1) is 19.7. The summed E-state index contributed by atoms with van der Waals surface area (Å²) >= 11 is 5.94. The van der Waals surface area contributed by atoms with Gasteiger partial charge in [0.05, 0.1) is 7.11 Å². The van der Waals surface area contributed by atoms with E-state index in [1.807, 2.05) is 36.4 Å². The van der Waals surface area contributed by atoms with Gasteiger partial charge in [-0.05, 0) is 41.8 Å². The third-order valence-electron chi connectivity index (χ3n) is 5.23. The number of rotatable bonds is 7. The van der Waals surface area contributed by atoms with Gasteiger partial charge in [-0.25, -0.2) is 0 Å². The zero-order valence-electron chi connectivity index (χ0n) is 16.6. The van der Waals surface area contributed by atoms with Crippen LogP contribution in [0, 0.1) is 0 Å². The fourth-order valence-corrected chi connectivity index (χ4v) is 3.63. The van der Waals surface area contributed by atoms with Crippen molar-refractivity contribution in [2.75, 3.05) is 44.7 Å². The molecule has 0 amide bonds. The highest BCUT2D eigenvalue weighted by molar-refractivity contribution is 6.30. The third kappa shape index (κ3) is 5.28. The molecule has 1 saturated heterocycles. The van der Waals surface area contributed by atoms with E-state index in [1.165, 1.54) is 5.56 Å². The van der Waals surface area contributed by atoms with E-state index in [2.05, 4.69) is 32.1 Å². The predicted molar refractivity (Wildman–Crippen MR) is 114 cm³/mol. The van der Waals surface area contributed by atoms with Crippen LogP contribution in [0.5, 0.6) is 5.75 Å². The minimum Gasteiger partial charge on any atom is -0.497 e. The second-order valence-corrected chi connectivity index (χ2v) is 7.66. The van der Waals surface area contributed by atoms with Crippen LogP contribution in [0.4, 0.5) is 6.01 Å². The van der Waals surface area contributed by atoms with Gasteiger partial charge in [0, 0.05) is 44.2 Å². The third-order valence-corrected chi connectivity index (χ3v) is 5.48. The van der Waals surface area contributed by atoms with Gasteiger partial charge in [-0.3, -0.25) is 4.90 Å². The van der Waals surface area contributed by atoms with E-state index in [0.717, 1.165) is 55.5 Å². The summed E-state index contributed by atoms with van der Waals surface area (Å²) < 4.78 is 10.8. The molecule has 1 aromatic heterocycles. The van der Waals surface area contributed by atoms with Crippen LogP contribution in [0.1, 0.15) is 17.0 Å². The molecule has 29 heavy (non-hydrogen) atoms. The second kappa shape index (κ2) is 9.29. The highest BCUT2D eigenvalue weighted by atomic mass is 35.5. The number of methoxy groups -OCH3 is 1. The van der Waals surface area contributed by atoms with Gasteiger partial charge in [0.2, 0.25) is 0 Å². The minimum atomic E-state index is 0.612. The molecule has 4 rings (SSSR count). The van der Waals surface area contributed by atoms with Crippen LogP contribution < -0.4 is 9.64 Å². The summed E-state index contributed by atoms with van der Waals surface area (Å²) in [5, 5.41) is 4.86. The van der Waals surface area contributed by atoms with Gasteiger partial charge in [0.1, 0.15) is 5.75 Å². The van der Waals surface area contributed by atoms with Gasteiger partial charge in [-0.1, -0.05) is 41.0 Å². The standard InChI is InChI=1S/C22H25ClN4O2/c1-28-20-4-2-3-17(15-20)9-10-26-11-13-27(14-12-26)22-24-21(25-29-22)16-18-5-7-19(23)8-6-18/h2-8,15H,9-14,16H2,1H3. The predicted octanol–water partition coefficient (Wildman–Crippen LogP) is 3.69. The zero-order valence-corrected chi connectivity index (χ0v) is 17.3. The molecule has 6 nitrogen and oxygen atoms in total. The quantitative estimate of drug-likeness (QED) is 0.590. The van der Waals surface area contributed by atoms with Crippen molar-refractivity contribution in [3.63, 3.8) is 0 Å². The number of nitrogens with zero attached hydrogens (tertiary/aromatic N) is 4. The lowest BCUT2D eigenvalue weighted by molar-refractivity contribution is 0.253. The van der Waals surface area contributed by atoms with E-state index in [-0.39, 0.29) is 0 Å². The Hall–Kier alpha value is -2.57. The first-order valence-corrected chi connectivity index (χ1v) is 10.2. The Morgan fingerprint density at radius 2 is 1.83 bits per heavy atom. The summed E-state index contributed by atoms with van der Waals surface area (Å²) in [4.78, 5) is 9.21. The average Bonchev–Trinajstić information content (AvgIpc) is 3.23. The number of anilines is 1. The molecule has 0 bridgehead atoms. The molecule has 0 N–H and O–H groups in total. The topological polar surface area (TPSA) is 54.6 Å². The molecule has 3 aromatic rings. The second-order valence-electron chi connectivity index (χ2n) is 7.23. The van der Waals surface area contributed by atoms with Gasteiger partial charge in [0.25, 0.3) is 0 Å². The molecule has 0 atom stereocenters. The molecule has 152 valence electrons. The van der Waals surface area contributed by atoms with Crippen molar-refractivity contribution in [2.24, 2.45) is 0 Å². The Morgan fingerprint density at radius 1 is 1.03 bits per heavy atom. The maximum absolute atomic E-state index is 5.94. The average molecular weight is 413 g/mol. The van der Waals surface area contributed by atoms with Crippen molar-refractivity contribution in [2.45, 2.75) is 12.8 Å². The van der Waals surface area contributed by atoms with Crippen LogP contribution in [0.3, 0.4) is 0 Å². The van der Waals surface area contributed by atoms with Crippen LogP contribution >= 0.6 is 11.6 Å². The monoisotopic (exact) mass is 412 g/mol. The molecule has 0 saturated carbocycles. The fraction of sp³-hybridized carbons (Fsp3) is 0.364.